The van der Waals surface area contributed by atoms with E-state index in [1.165, 1.54) is 16.8 Å². The summed E-state index contributed by atoms with van der Waals surface area (Å²) in [6.07, 6.45) is 6.39. The van der Waals surface area contributed by atoms with E-state index in [9.17, 15) is 0 Å². The Morgan fingerprint density at radius 2 is 1.88 bits per heavy atom. The van der Waals surface area contributed by atoms with Gasteiger partial charge in [-0.25, -0.2) is 9.97 Å². The first-order valence-electron chi connectivity index (χ1n) is 8.66. The Bertz CT molecular complexity index is 838. The fourth-order valence-corrected chi connectivity index (χ4v) is 3.07. The maximum Gasteiger partial charge on any atom is 0.146 e. The predicted octanol–water partition coefficient (Wildman–Crippen LogP) is 2.86. The fraction of sp³-hybridized carbons (Fsp3) is 0.421. The molecule has 6 heteroatoms. The number of aryl methyl sites for hydroxylation is 1. The molecule has 0 atom stereocenters. The molecule has 0 amide bonds. The molecule has 0 saturated heterocycles. The van der Waals surface area contributed by atoms with Crippen LogP contribution in [0.1, 0.15) is 23.2 Å². The lowest BCUT2D eigenvalue weighted by atomic mass is 10.2. The number of hydrogen-bond acceptors (Lipinski definition) is 5. The maximum atomic E-state index is 4.56. The van der Waals surface area contributed by atoms with Crippen molar-refractivity contribution in [2.75, 3.05) is 32.5 Å². The van der Waals surface area contributed by atoms with E-state index in [0.29, 0.717) is 0 Å². The van der Waals surface area contributed by atoms with E-state index in [4.69, 9.17) is 0 Å². The minimum atomic E-state index is 0.787. The Morgan fingerprint density at radius 1 is 1.12 bits per heavy atom. The van der Waals surface area contributed by atoms with Crippen LogP contribution in [0.3, 0.4) is 0 Å². The van der Waals surface area contributed by atoms with E-state index in [1.807, 2.05) is 24.5 Å². The zero-order valence-electron chi connectivity index (χ0n) is 15.5. The SMILES string of the molecule is Cc1c(C)n(Cc2ccncc2)c2ncnc(NCCCN(C)C)c12. The quantitative estimate of drug-likeness (QED) is 0.671. The molecule has 0 fully saturated rings. The Morgan fingerprint density at radius 3 is 2.60 bits per heavy atom. The van der Waals surface area contributed by atoms with Crippen LogP contribution < -0.4 is 5.32 Å². The summed E-state index contributed by atoms with van der Waals surface area (Å²) in [7, 11) is 4.19. The summed E-state index contributed by atoms with van der Waals surface area (Å²) in [6.45, 7) is 7.04. The third-order valence-corrected chi connectivity index (χ3v) is 4.57. The first kappa shape index (κ1) is 17.4. The summed E-state index contributed by atoms with van der Waals surface area (Å²) >= 11 is 0. The van der Waals surface area contributed by atoms with Crippen LogP contribution in [0.25, 0.3) is 11.0 Å². The van der Waals surface area contributed by atoms with Crippen molar-refractivity contribution in [2.24, 2.45) is 0 Å². The molecule has 0 bridgehead atoms. The van der Waals surface area contributed by atoms with E-state index >= 15 is 0 Å². The highest BCUT2D eigenvalue weighted by Crippen LogP contribution is 2.29. The second-order valence-electron chi connectivity index (χ2n) is 6.66. The van der Waals surface area contributed by atoms with Gasteiger partial charge in [-0.05, 0) is 64.2 Å². The zero-order valence-corrected chi connectivity index (χ0v) is 15.5. The van der Waals surface area contributed by atoms with Crippen molar-refractivity contribution in [3.05, 3.63) is 47.7 Å². The number of hydrogen-bond donors (Lipinski definition) is 1. The third-order valence-electron chi connectivity index (χ3n) is 4.57. The van der Waals surface area contributed by atoms with Crippen LogP contribution in [-0.4, -0.2) is 51.6 Å². The molecule has 3 aromatic rings. The van der Waals surface area contributed by atoms with Crippen LogP contribution in [0, 0.1) is 13.8 Å². The number of anilines is 1. The molecule has 3 heterocycles. The lowest BCUT2D eigenvalue weighted by molar-refractivity contribution is 0.405. The molecule has 0 saturated carbocycles. The molecule has 0 radical (unpaired) electrons. The van der Waals surface area contributed by atoms with Crippen LogP contribution in [0.4, 0.5) is 5.82 Å². The van der Waals surface area contributed by atoms with Crippen LogP contribution in [0.5, 0.6) is 0 Å². The van der Waals surface area contributed by atoms with Gasteiger partial charge in [0, 0.05) is 31.2 Å². The second kappa shape index (κ2) is 7.61. The van der Waals surface area contributed by atoms with Crippen molar-refractivity contribution in [1.29, 1.82) is 0 Å². The third kappa shape index (κ3) is 3.79. The zero-order chi connectivity index (χ0) is 17.8. The van der Waals surface area contributed by atoms with E-state index in [1.54, 1.807) is 6.33 Å². The Hall–Kier alpha value is -2.47. The largest absolute Gasteiger partial charge is 0.369 e. The van der Waals surface area contributed by atoms with Gasteiger partial charge in [-0.3, -0.25) is 4.98 Å². The number of rotatable bonds is 7. The highest BCUT2D eigenvalue weighted by atomic mass is 15.1. The van der Waals surface area contributed by atoms with Gasteiger partial charge in [-0.15, -0.1) is 0 Å². The number of aromatic nitrogens is 4. The van der Waals surface area contributed by atoms with Crippen molar-refractivity contribution in [3.8, 4) is 0 Å². The molecule has 25 heavy (non-hydrogen) atoms. The van der Waals surface area contributed by atoms with Crippen LogP contribution >= 0.6 is 0 Å². The van der Waals surface area contributed by atoms with Gasteiger partial charge in [0.2, 0.25) is 0 Å². The van der Waals surface area contributed by atoms with Crippen LogP contribution in [0.2, 0.25) is 0 Å². The molecule has 0 aliphatic carbocycles. The van der Waals surface area contributed by atoms with Gasteiger partial charge < -0.3 is 14.8 Å². The lowest BCUT2D eigenvalue weighted by Crippen LogP contribution is -2.16. The smallest absolute Gasteiger partial charge is 0.146 e. The molecular formula is C19H26N6. The molecule has 132 valence electrons. The molecule has 6 nitrogen and oxygen atoms in total. The van der Waals surface area contributed by atoms with Gasteiger partial charge in [0.15, 0.2) is 0 Å². The monoisotopic (exact) mass is 338 g/mol. The first-order chi connectivity index (χ1) is 12.1. The van der Waals surface area contributed by atoms with Crippen LogP contribution in [-0.2, 0) is 6.54 Å². The van der Waals surface area contributed by atoms with E-state index in [2.05, 4.69) is 57.7 Å². The molecule has 0 aromatic carbocycles. The summed E-state index contributed by atoms with van der Waals surface area (Å²) < 4.78 is 2.26. The first-order valence-corrected chi connectivity index (χ1v) is 8.66. The predicted molar refractivity (Wildman–Crippen MR) is 102 cm³/mol. The van der Waals surface area contributed by atoms with Crippen molar-refractivity contribution in [3.63, 3.8) is 0 Å². The van der Waals surface area contributed by atoms with Crippen LogP contribution in [0.15, 0.2) is 30.9 Å². The van der Waals surface area contributed by atoms with E-state index in [-0.39, 0.29) is 0 Å². The number of nitrogens with zero attached hydrogens (tertiary/aromatic N) is 5. The second-order valence-corrected chi connectivity index (χ2v) is 6.66. The molecule has 0 spiro atoms. The summed E-state index contributed by atoms with van der Waals surface area (Å²) in [5, 5.41) is 4.61. The molecule has 3 aromatic heterocycles. The average Bonchev–Trinajstić information content (AvgIpc) is 2.85. The molecule has 1 N–H and O–H groups in total. The summed E-state index contributed by atoms with van der Waals surface area (Å²) in [5.74, 6) is 0.929. The average molecular weight is 338 g/mol. The maximum absolute atomic E-state index is 4.56. The molecule has 3 rings (SSSR count). The van der Waals surface area contributed by atoms with Crippen molar-refractivity contribution >= 4 is 16.9 Å². The molecule has 0 unspecified atom stereocenters. The van der Waals surface area contributed by atoms with Crippen molar-refractivity contribution in [2.45, 2.75) is 26.8 Å². The Balaban J connectivity index is 1.90. The molecule has 0 aliphatic rings. The topological polar surface area (TPSA) is 58.9 Å². The number of nitrogens with one attached hydrogen (secondary N) is 1. The minimum Gasteiger partial charge on any atom is -0.369 e. The number of pyridine rings is 1. The van der Waals surface area contributed by atoms with Crippen molar-refractivity contribution < 1.29 is 0 Å². The highest BCUT2D eigenvalue weighted by molar-refractivity contribution is 5.91. The van der Waals surface area contributed by atoms with Gasteiger partial charge in [-0.1, -0.05) is 0 Å². The summed E-state index contributed by atoms with van der Waals surface area (Å²) in [6, 6.07) is 4.09. The summed E-state index contributed by atoms with van der Waals surface area (Å²) in [5.41, 5.74) is 4.66. The fourth-order valence-electron chi connectivity index (χ4n) is 3.07. The van der Waals surface area contributed by atoms with Crippen molar-refractivity contribution in [1.82, 2.24) is 24.4 Å². The Kier molecular flexibility index (Phi) is 5.28. The summed E-state index contributed by atoms with van der Waals surface area (Å²) in [4.78, 5) is 15.3. The Labute approximate surface area is 148 Å². The van der Waals surface area contributed by atoms with Gasteiger partial charge in [0.1, 0.15) is 17.8 Å². The van der Waals surface area contributed by atoms with Gasteiger partial charge in [-0.2, -0.15) is 0 Å². The molecular weight excluding hydrogens is 312 g/mol. The van der Waals surface area contributed by atoms with E-state index < -0.39 is 0 Å². The highest BCUT2D eigenvalue weighted by Gasteiger charge is 2.16. The number of fused-ring (bicyclic) bond motifs is 1. The lowest BCUT2D eigenvalue weighted by Gasteiger charge is -2.11. The molecule has 0 aliphatic heterocycles. The normalized spacial score (nSPS) is 11.4. The standard InChI is InChI=1S/C19H26N6/c1-14-15(2)25(12-16-6-9-20-10-7-16)19-17(14)18(22-13-23-19)21-8-5-11-24(3)4/h6-7,9-10,13H,5,8,11-12H2,1-4H3,(H,21,22,23). The van der Waals surface area contributed by atoms with Gasteiger partial charge in [0.25, 0.3) is 0 Å². The van der Waals surface area contributed by atoms with E-state index in [0.717, 1.165) is 42.9 Å². The minimum absolute atomic E-state index is 0.787. The van der Waals surface area contributed by atoms with Gasteiger partial charge in [0.05, 0.1) is 5.39 Å². The van der Waals surface area contributed by atoms with Gasteiger partial charge >= 0.3 is 0 Å².